The van der Waals surface area contributed by atoms with Crippen molar-refractivity contribution in [1.29, 1.82) is 0 Å². The molecule has 0 radical (unpaired) electrons. The minimum absolute atomic E-state index is 0.0486. The molecule has 45 heavy (non-hydrogen) atoms. The monoisotopic (exact) mass is 614 g/mol. The molecule has 10 heteroatoms. The van der Waals surface area contributed by atoms with Crippen molar-refractivity contribution in [3.63, 3.8) is 0 Å². The molecule has 0 unspecified atom stereocenters. The molecule has 1 saturated carbocycles. The maximum Gasteiger partial charge on any atom is 0.255 e. The first-order valence-corrected chi connectivity index (χ1v) is 16.4. The lowest BCUT2D eigenvalue weighted by Crippen LogP contribution is -2.45. The Kier molecular flexibility index (Phi) is 7.90. The summed E-state index contributed by atoms with van der Waals surface area (Å²) in [6.07, 6.45) is 7.15. The standard InChI is InChI=1S/C35H43FN6O3/c1-21-31(38-42-19-26(16-29(36)32(21)42)35(44)40-13-5-7-27(37)20-40)30-17-25-6-4-8-28(33(25)41(30)18-23-9-10-23)24-11-14-39(15-12-24)34(43)22(2)45-3/h4,6,8,16-17,19,22-24,27H,5,7,9-15,18,20,37H2,1-3H3/t22-,27-/m1/s1. The number of para-hydroxylation sites is 1. The van der Waals surface area contributed by atoms with E-state index >= 15 is 4.39 Å². The van der Waals surface area contributed by atoms with E-state index < -0.39 is 11.9 Å². The number of hydrogen-bond acceptors (Lipinski definition) is 5. The third-order valence-corrected chi connectivity index (χ3v) is 10.2. The molecular formula is C35H43FN6O3. The van der Waals surface area contributed by atoms with Crippen LogP contribution in [0.4, 0.5) is 4.39 Å². The molecule has 3 fully saturated rings. The van der Waals surface area contributed by atoms with Gasteiger partial charge in [-0.15, -0.1) is 0 Å². The molecule has 3 aliphatic rings. The number of halogens is 1. The summed E-state index contributed by atoms with van der Waals surface area (Å²) in [6.45, 7) is 7.12. The highest BCUT2D eigenvalue weighted by atomic mass is 19.1. The van der Waals surface area contributed by atoms with Crippen LogP contribution < -0.4 is 5.73 Å². The number of rotatable bonds is 7. The van der Waals surface area contributed by atoms with Crippen LogP contribution in [0.3, 0.4) is 0 Å². The molecule has 5 heterocycles. The van der Waals surface area contributed by atoms with Crippen molar-refractivity contribution < 1.29 is 18.7 Å². The Labute approximate surface area is 263 Å². The van der Waals surface area contributed by atoms with Crippen molar-refractivity contribution in [1.82, 2.24) is 24.0 Å². The zero-order valence-electron chi connectivity index (χ0n) is 26.5. The molecule has 2 amide bonds. The molecule has 1 aliphatic carbocycles. The van der Waals surface area contributed by atoms with E-state index in [2.05, 4.69) is 28.8 Å². The van der Waals surface area contributed by atoms with E-state index in [1.807, 2.05) is 11.8 Å². The lowest BCUT2D eigenvalue weighted by molar-refractivity contribution is -0.142. The van der Waals surface area contributed by atoms with Crippen LogP contribution >= 0.6 is 0 Å². The number of hydrogen-bond donors (Lipinski definition) is 1. The molecule has 2 atom stereocenters. The van der Waals surface area contributed by atoms with Gasteiger partial charge in [-0.25, -0.2) is 8.91 Å². The summed E-state index contributed by atoms with van der Waals surface area (Å²) in [5, 5.41) is 6.07. The van der Waals surface area contributed by atoms with Crippen LogP contribution in [0.15, 0.2) is 36.5 Å². The molecule has 3 aromatic heterocycles. The maximum atomic E-state index is 15.7. The predicted octanol–water partition coefficient (Wildman–Crippen LogP) is 5.12. The van der Waals surface area contributed by atoms with Crippen LogP contribution in [0.2, 0.25) is 0 Å². The number of carbonyl (C=O) groups excluding carboxylic acids is 2. The molecule has 7 rings (SSSR count). The summed E-state index contributed by atoms with van der Waals surface area (Å²) in [5.41, 5.74) is 11.8. The highest BCUT2D eigenvalue weighted by molar-refractivity contribution is 5.95. The topological polar surface area (TPSA) is 98.1 Å². The number of methoxy groups -OCH3 is 1. The van der Waals surface area contributed by atoms with Gasteiger partial charge in [0.05, 0.1) is 16.8 Å². The molecule has 0 spiro atoms. The number of piperidine rings is 2. The van der Waals surface area contributed by atoms with Gasteiger partial charge >= 0.3 is 0 Å². The van der Waals surface area contributed by atoms with E-state index in [4.69, 9.17) is 15.6 Å². The lowest BCUT2D eigenvalue weighted by atomic mass is 9.88. The Hall–Kier alpha value is -3.76. The van der Waals surface area contributed by atoms with Crippen molar-refractivity contribution in [3.8, 4) is 11.4 Å². The fourth-order valence-corrected chi connectivity index (χ4v) is 7.41. The predicted molar refractivity (Wildman–Crippen MR) is 172 cm³/mol. The number of fused-ring (bicyclic) bond motifs is 2. The number of nitrogens with two attached hydrogens (primary N) is 1. The number of aryl methyl sites for hydroxylation is 1. The number of pyridine rings is 1. The SMILES string of the molecule is CO[C@H](C)C(=O)N1CCC(c2cccc3cc(-c4nn5cc(C(=O)N6CCC[C@@H](N)C6)cc(F)c5c4C)n(CC4CC4)c23)CC1. The number of benzene rings is 1. The minimum atomic E-state index is -0.451. The molecule has 2 saturated heterocycles. The van der Waals surface area contributed by atoms with Crippen LogP contribution in [-0.4, -0.2) is 81.2 Å². The highest BCUT2D eigenvalue weighted by Crippen LogP contribution is 2.41. The smallest absolute Gasteiger partial charge is 0.255 e. The van der Waals surface area contributed by atoms with Crippen molar-refractivity contribution >= 4 is 28.2 Å². The Balaban J connectivity index is 1.26. The van der Waals surface area contributed by atoms with Crippen LogP contribution in [0.25, 0.3) is 27.8 Å². The molecule has 2 aliphatic heterocycles. The van der Waals surface area contributed by atoms with Gasteiger partial charge in [0.2, 0.25) is 0 Å². The van der Waals surface area contributed by atoms with Gasteiger partial charge in [-0.3, -0.25) is 9.59 Å². The number of amides is 2. The molecule has 238 valence electrons. The summed E-state index contributed by atoms with van der Waals surface area (Å²) >= 11 is 0. The van der Waals surface area contributed by atoms with E-state index in [-0.39, 0.29) is 23.4 Å². The highest BCUT2D eigenvalue weighted by Gasteiger charge is 2.31. The first kappa shape index (κ1) is 29.9. The van der Waals surface area contributed by atoms with Crippen molar-refractivity contribution in [2.75, 3.05) is 33.3 Å². The summed E-state index contributed by atoms with van der Waals surface area (Å²) in [4.78, 5) is 29.7. The van der Waals surface area contributed by atoms with Gasteiger partial charge < -0.3 is 24.8 Å². The number of aromatic nitrogens is 3. The molecule has 4 aromatic rings. The maximum absolute atomic E-state index is 15.7. The van der Waals surface area contributed by atoms with E-state index in [0.29, 0.717) is 43.5 Å². The van der Waals surface area contributed by atoms with Gasteiger partial charge in [-0.2, -0.15) is 5.10 Å². The van der Waals surface area contributed by atoms with E-state index in [9.17, 15) is 9.59 Å². The molecule has 1 aromatic carbocycles. The quantitative estimate of drug-likeness (QED) is 0.312. The summed E-state index contributed by atoms with van der Waals surface area (Å²) in [6, 6.07) is 9.98. The van der Waals surface area contributed by atoms with E-state index in [1.54, 1.807) is 29.6 Å². The largest absolute Gasteiger partial charge is 0.372 e. The van der Waals surface area contributed by atoms with Gasteiger partial charge in [0.25, 0.3) is 11.8 Å². The van der Waals surface area contributed by atoms with Crippen molar-refractivity contribution in [3.05, 3.63) is 59.0 Å². The fourth-order valence-electron chi connectivity index (χ4n) is 7.41. The van der Waals surface area contributed by atoms with Gasteiger partial charge in [-0.1, -0.05) is 18.2 Å². The van der Waals surface area contributed by atoms with Crippen molar-refractivity contribution in [2.24, 2.45) is 11.7 Å². The zero-order chi connectivity index (χ0) is 31.4. The lowest BCUT2D eigenvalue weighted by Gasteiger charge is -2.34. The Morgan fingerprint density at radius 2 is 1.84 bits per heavy atom. The number of nitrogens with zero attached hydrogens (tertiary/aromatic N) is 5. The number of likely N-dealkylation sites (tertiary alicyclic amines) is 2. The van der Waals surface area contributed by atoms with Gasteiger partial charge in [0.1, 0.15) is 23.1 Å². The Bertz CT molecular complexity index is 1770. The van der Waals surface area contributed by atoms with Crippen LogP contribution in [-0.2, 0) is 16.1 Å². The average molecular weight is 615 g/mol. The fraction of sp³-hybridized carbons (Fsp3) is 0.514. The first-order chi connectivity index (χ1) is 21.7. The minimum Gasteiger partial charge on any atom is -0.372 e. The van der Waals surface area contributed by atoms with Gasteiger partial charge in [-0.05, 0) is 81.9 Å². The van der Waals surface area contributed by atoms with Crippen LogP contribution in [0.1, 0.15) is 72.9 Å². The van der Waals surface area contributed by atoms with Gasteiger partial charge in [0, 0.05) is 63.0 Å². The second-order valence-corrected chi connectivity index (χ2v) is 13.3. The van der Waals surface area contributed by atoms with E-state index in [1.165, 1.54) is 30.0 Å². The van der Waals surface area contributed by atoms with Crippen LogP contribution in [0, 0.1) is 18.7 Å². The zero-order valence-corrected chi connectivity index (χ0v) is 26.5. The Morgan fingerprint density at radius 1 is 1.07 bits per heavy atom. The molecule has 9 nitrogen and oxygen atoms in total. The second-order valence-electron chi connectivity index (χ2n) is 13.3. The first-order valence-electron chi connectivity index (χ1n) is 16.4. The average Bonchev–Trinajstić information content (AvgIpc) is 3.71. The van der Waals surface area contributed by atoms with E-state index in [0.717, 1.165) is 54.6 Å². The van der Waals surface area contributed by atoms with Crippen LogP contribution in [0.5, 0.6) is 0 Å². The summed E-state index contributed by atoms with van der Waals surface area (Å²) in [7, 11) is 1.57. The normalized spacial score (nSPS) is 20.3. The number of carbonyl (C=O) groups is 2. The Morgan fingerprint density at radius 3 is 2.56 bits per heavy atom. The second kappa shape index (κ2) is 11.9. The summed E-state index contributed by atoms with van der Waals surface area (Å²) in [5.74, 6) is 0.321. The van der Waals surface area contributed by atoms with Gasteiger partial charge in [0.15, 0.2) is 0 Å². The molecule has 2 N–H and O–H groups in total. The summed E-state index contributed by atoms with van der Waals surface area (Å²) < 4.78 is 25.0. The van der Waals surface area contributed by atoms with Crippen molar-refractivity contribution in [2.45, 2.75) is 77.0 Å². The third kappa shape index (κ3) is 5.52. The molecule has 0 bridgehead atoms. The number of ether oxygens (including phenoxy) is 1. The molecular weight excluding hydrogens is 571 g/mol. The third-order valence-electron chi connectivity index (χ3n) is 10.2.